The maximum absolute atomic E-state index is 13.0. The third-order valence-corrected chi connectivity index (χ3v) is 6.08. The Morgan fingerprint density at radius 3 is 2.38 bits per heavy atom. The average molecular weight is 380 g/mol. The van der Waals surface area contributed by atoms with E-state index in [1.54, 1.807) is 20.1 Å². The molecular formula is C17H21FN4O3S. The van der Waals surface area contributed by atoms with Crippen LogP contribution in [0.5, 0.6) is 5.88 Å². The van der Waals surface area contributed by atoms with Crippen molar-refractivity contribution in [2.45, 2.75) is 12.7 Å². The van der Waals surface area contributed by atoms with Gasteiger partial charge in [0.25, 0.3) is 0 Å². The van der Waals surface area contributed by atoms with E-state index in [-0.39, 0.29) is 11.6 Å². The fraction of sp³-hybridized carbons (Fsp3) is 0.412. The molecule has 0 amide bonds. The molecule has 0 atom stereocenters. The predicted octanol–water partition coefficient (Wildman–Crippen LogP) is 1.58. The Bertz CT molecular complexity index is 866. The van der Waals surface area contributed by atoms with E-state index < -0.39 is 10.0 Å². The van der Waals surface area contributed by atoms with Crippen molar-refractivity contribution in [3.05, 3.63) is 47.5 Å². The van der Waals surface area contributed by atoms with Crippen LogP contribution in [-0.4, -0.2) is 56.0 Å². The summed E-state index contributed by atoms with van der Waals surface area (Å²) in [5.41, 5.74) is 0.574. The van der Waals surface area contributed by atoms with Gasteiger partial charge in [0.1, 0.15) is 17.5 Å². The molecule has 0 unspecified atom stereocenters. The minimum Gasteiger partial charge on any atom is -0.481 e. The van der Waals surface area contributed by atoms with Gasteiger partial charge in [0.15, 0.2) is 0 Å². The van der Waals surface area contributed by atoms with Gasteiger partial charge >= 0.3 is 0 Å². The monoisotopic (exact) mass is 380 g/mol. The van der Waals surface area contributed by atoms with Crippen molar-refractivity contribution in [1.82, 2.24) is 14.3 Å². The number of nitrogens with zero attached hydrogens (tertiary/aromatic N) is 4. The molecule has 0 radical (unpaired) electrons. The summed E-state index contributed by atoms with van der Waals surface area (Å²) in [6, 6.07) is 7.29. The van der Waals surface area contributed by atoms with E-state index in [0.29, 0.717) is 43.4 Å². The molecule has 1 saturated heterocycles. The molecule has 1 aromatic heterocycles. The van der Waals surface area contributed by atoms with Gasteiger partial charge in [-0.25, -0.2) is 17.8 Å². The summed E-state index contributed by atoms with van der Waals surface area (Å²) in [4.78, 5) is 10.6. The first kappa shape index (κ1) is 18.5. The van der Waals surface area contributed by atoms with Gasteiger partial charge in [0.05, 0.1) is 12.9 Å². The molecule has 1 aliphatic heterocycles. The van der Waals surface area contributed by atoms with Gasteiger partial charge in [-0.2, -0.15) is 9.29 Å². The summed E-state index contributed by atoms with van der Waals surface area (Å²) in [5.74, 6) is 1.30. The zero-order valence-corrected chi connectivity index (χ0v) is 15.5. The number of anilines is 1. The van der Waals surface area contributed by atoms with Crippen molar-refractivity contribution < 1.29 is 17.5 Å². The number of piperazine rings is 1. The highest BCUT2D eigenvalue weighted by atomic mass is 32.2. The quantitative estimate of drug-likeness (QED) is 0.784. The molecule has 0 saturated carbocycles. The van der Waals surface area contributed by atoms with Crippen LogP contribution in [-0.2, 0) is 15.8 Å². The highest BCUT2D eigenvalue weighted by Crippen LogP contribution is 2.21. The fourth-order valence-corrected chi connectivity index (χ4v) is 4.39. The normalized spacial score (nSPS) is 15.9. The lowest BCUT2D eigenvalue weighted by atomic mass is 10.2. The van der Waals surface area contributed by atoms with E-state index >= 15 is 0 Å². The number of benzene rings is 1. The van der Waals surface area contributed by atoms with Gasteiger partial charge in [-0.3, -0.25) is 0 Å². The zero-order valence-electron chi connectivity index (χ0n) is 14.7. The van der Waals surface area contributed by atoms with Gasteiger partial charge in [0.2, 0.25) is 15.9 Å². The Balaban J connectivity index is 1.66. The number of hydrogen-bond donors (Lipinski definition) is 0. The predicted molar refractivity (Wildman–Crippen MR) is 96.1 cm³/mol. The van der Waals surface area contributed by atoms with Crippen LogP contribution >= 0.6 is 0 Å². The second kappa shape index (κ2) is 7.55. The van der Waals surface area contributed by atoms with E-state index in [1.807, 2.05) is 4.90 Å². The first-order valence-corrected chi connectivity index (χ1v) is 9.85. The number of methoxy groups -OCH3 is 1. The number of aromatic nitrogens is 2. The second-order valence-electron chi connectivity index (χ2n) is 6.08. The van der Waals surface area contributed by atoms with Crippen LogP contribution in [0.15, 0.2) is 30.3 Å². The van der Waals surface area contributed by atoms with E-state index in [0.717, 1.165) is 5.82 Å². The van der Waals surface area contributed by atoms with Gasteiger partial charge in [-0.15, -0.1) is 0 Å². The number of aryl methyl sites for hydroxylation is 1. The van der Waals surface area contributed by atoms with E-state index in [2.05, 4.69) is 9.97 Å². The maximum atomic E-state index is 13.0. The van der Waals surface area contributed by atoms with Crippen molar-refractivity contribution in [1.29, 1.82) is 0 Å². The van der Waals surface area contributed by atoms with Gasteiger partial charge in [0, 0.05) is 32.2 Å². The lowest BCUT2D eigenvalue weighted by Crippen LogP contribution is -2.49. The number of sulfonamides is 1. The summed E-state index contributed by atoms with van der Waals surface area (Å²) in [6.07, 6.45) is 0. The van der Waals surface area contributed by atoms with Crippen LogP contribution in [0.1, 0.15) is 11.4 Å². The third-order valence-electron chi connectivity index (χ3n) is 4.23. The topological polar surface area (TPSA) is 75.6 Å². The molecule has 1 fully saturated rings. The first-order valence-electron chi connectivity index (χ1n) is 8.24. The molecule has 7 nitrogen and oxygen atoms in total. The molecule has 3 rings (SSSR count). The average Bonchev–Trinajstić information content (AvgIpc) is 2.63. The van der Waals surface area contributed by atoms with Gasteiger partial charge < -0.3 is 9.64 Å². The van der Waals surface area contributed by atoms with Crippen LogP contribution in [0.3, 0.4) is 0 Å². The van der Waals surface area contributed by atoms with Crippen molar-refractivity contribution in [3.63, 3.8) is 0 Å². The lowest BCUT2D eigenvalue weighted by molar-refractivity contribution is 0.380. The zero-order chi connectivity index (χ0) is 18.7. The molecule has 0 N–H and O–H groups in total. The molecular weight excluding hydrogens is 359 g/mol. The Kier molecular flexibility index (Phi) is 5.38. The van der Waals surface area contributed by atoms with Crippen LogP contribution in [0, 0.1) is 12.7 Å². The second-order valence-corrected chi connectivity index (χ2v) is 8.05. The van der Waals surface area contributed by atoms with Crippen molar-refractivity contribution in [2.24, 2.45) is 0 Å². The van der Waals surface area contributed by atoms with E-state index in [1.165, 1.54) is 28.6 Å². The SMILES string of the molecule is COc1cc(N2CCN(S(=O)(=O)Cc3ccc(F)cc3)CC2)nc(C)n1. The number of halogens is 1. The molecule has 0 bridgehead atoms. The molecule has 0 spiro atoms. The molecule has 140 valence electrons. The van der Waals surface area contributed by atoms with Crippen LogP contribution in [0.4, 0.5) is 10.2 Å². The Labute approximate surface area is 152 Å². The molecule has 0 aliphatic carbocycles. The molecule has 1 aliphatic rings. The number of hydrogen-bond acceptors (Lipinski definition) is 6. The van der Waals surface area contributed by atoms with Gasteiger partial charge in [-0.1, -0.05) is 12.1 Å². The van der Waals surface area contributed by atoms with E-state index in [4.69, 9.17) is 4.74 Å². The van der Waals surface area contributed by atoms with Crippen LogP contribution < -0.4 is 9.64 Å². The molecule has 26 heavy (non-hydrogen) atoms. The molecule has 2 heterocycles. The maximum Gasteiger partial charge on any atom is 0.218 e. The first-order chi connectivity index (χ1) is 12.4. The minimum absolute atomic E-state index is 0.131. The Morgan fingerprint density at radius 2 is 1.77 bits per heavy atom. The van der Waals surface area contributed by atoms with Gasteiger partial charge in [-0.05, 0) is 24.6 Å². The molecule has 2 aromatic rings. The Hall–Kier alpha value is -2.26. The smallest absolute Gasteiger partial charge is 0.218 e. The summed E-state index contributed by atoms with van der Waals surface area (Å²) in [5, 5.41) is 0. The largest absolute Gasteiger partial charge is 0.481 e. The fourth-order valence-electron chi connectivity index (χ4n) is 2.87. The molecule has 9 heteroatoms. The standard InChI is InChI=1S/C17H21FN4O3S/c1-13-19-16(11-17(20-13)25-2)21-7-9-22(10-8-21)26(23,24)12-14-3-5-15(18)6-4-14/h3-6,11H,7-10,12H2,1-2H3. The Morgan fingerprint density at radius 1 is 1.12 bits per heavy atom. The third kappa shape index (κ3) is 4.28. The summed E-state index contributed by atoms with van der Waals surface area (Å²) < 4.78 is 44.8. The number of rotatable bonds is 5. The number of ether oxygens (including phenoxy) is 1. The molecule has 1 aromatic carbocycles. The lowest BCUT2D eigenvalue weighted by Gasteiger charge is -2.34. The van der Waals surface area contributed by atoms with E-state index in [9.17, 15) is 12.8 Å². The van der Waals surface area contributed by atoms with Crippen molar-refractivity contribution >= 4 is 15.8 Å². The summed E-state index contributed by atoms with van der Waals surface area (Å²) in [6.45, 7) is 3.59. The summed E-state index contributed by atoms with van der Waals surface area (Å²) in [7, 11) is -1.90. The van der Waals surface area contributed by atoms with Crippen LogP contribution in [0.2, 0.25) is 0 Å². The highest BCUT2D eigenvalue weighted by Gasteiger charge is 2.28. The van der Waals surface area contributed by atoms with Crippen molar-refractivity contribution in [2.75, 3.05) is 38.2 Å². The minimum atomic E-state index is -3.45. The highest BCUT2D eigenvalue weighted by molar-refractivity contribution is 7.88. The summed E-state index contributed by atoms with van der Waals surface area (Å²) >= 11 is 0. The van der Waals surface area contributed by atoms with Crippen LogP contribution in [0.25, 0.3) is 0 Å². The van der Waals surface area contributed by atoms with Crippen molar-refractivity contribution in [3.8, 4) is 5.88 Å².